The first-order chi connectivity index (χ1) is 12.7. The Morgan fingerprint density at radius 1 is 1.26 bits per heavy atom. The van der Waals surface area contributed by atoms with E-state index < -0.39 is 44.8 Å². The summed E-state index contributed by atoms with van der Waals surface area (Å²) in [5, 5.41) is 28.2. The molecule has 1 aliphatic rings. The summed E-state index contributed by atoms with van der Waals surface area (Å²) in [6.07, 6.45) is -2.41. The molecule has 27 heavy (non-hydrogen) atoms. The second-order valence-corrected chi connectivity index (χ2v) is 7.95. The average Bonchev–Trinajstić information content (AvgIpc) is 3.05. The third kappa shape index (κ3) is 2.97. The highest BCUT2D eigenvalue weighted by molar-refractivity contribution is 7.91. The largest absolute Gasteiger partial charge is 0.382 e. The van der Waals surface area contributed by atoms with Crippen LogP contribution in [0.4, 0.5) is 13.2 Å². The van der Waals surface area contributed by atoms with Crippen LogP contribution in [0.15, 0.2) is 29.3 Å². The van der Waals surface area contributed by atoms with Crippen LogP contribution in [0.3, 0.4) is 0 Å². The van der Waals surface area contributed by atoms with Crippen molar-refractivity contribution in [2.75, 3.05) is 6.01 Å². The molecule has 2 aromatic rings. The number of rotatable bonds is 3. The lowest BCUT2D eigenvalue weighted by Gasteiger charge is -2.29. The summed E-state index contributed by atoms with van der Waals surface area (Å²) in [5.41, 5.74) is -0.111. The van der Waals surface area contributed by atoms with Gasteiger partial charge in [0.25, 0.3) is 5.92 Å². The fraction of sp³-hybridized carbons (Fsp3) is 0.294. The quantitative estimate of drug-likeness (QED) is 0.859. The number of aliphatic hydroxyl groups is 1. The van der Waals surface area contributed by atoms with Crippen molar-refractivity contribution in [3.05, 3.63) is 46.8 Å². The van der Waals surface area contributed by atoms with E-state index in [0.717, 1.165) is 6.20 Å². The Kier molecular flexibility index (Phi) is 4.50. The molecule has 1 heterocycles. The van der Waals surface area contributed by atoms with Crippen LogP contribution in [0.25, 0.3) is 5.69 Å². The summed E-state index contributed by atoms with van der Waals surface area (Å²) < 4.78 is 66.3. The van der Waals surface area contributed by atoms with Crippen molar-refractivity contribution in [3.63, 3.8) is 0 Å². The van der Waals surface area contributed by atoms with Gasteiger partial charge in [-0.05, 0) is 24.6 Å². The summed E-state index contributed by atoms with van der Waals surface area (Å²) in [4.78, 5) is -0.713. The number of aromatic nitrogens is 1. The smallest absolute Gasteiger partial charge is 0.278 e. The fourth-order valence-electron chi connectivity index (χ4n) is 3.13. The van der Waals surface area contributed by atoms with Crippen molar-refractivity contribution in [2.24, 2.45) is 0 Å². The lowest BCUT2D eigenvalue weighted by Crippen LogP contribution is -2.33. The summed E-state index contributed by atoms with van der Waals surface area (Å²) in [6, 6.07) is 5.88. The molecule has 0 unspecified atom stereocenters. The van der Waals surface area contributed by atoms with Crippen LogP contribution in [0.5, 0.6) is 0 Å². The number of nitriles is 2. The van der Waals surface area contributed by atoms with E-state index >= 15 is 0 Å². The predicted octanol–water partition coefficient (Wildman–Crippen LogP) is 2.54. The van der Waals surface area contributed by atoms with Crippen molar-refractivity contribution >= 4 is 9.84 Å². The number of nitrogens with zero attached hydrogens (tertiary/aromatic N) is 3. The van der Waals surface area contributed by atoms with Gasteiger partial charge in [-0.25, -0.2) is 21.6 Å². The van der Waals surface area contributed by atoms with E-state index in [9.17, 15) is 26.7 Å². The minimum absolute atomic E-state index is 0.00837. The van der Waals surface area contributed by atoms with E-state index in [-0.39, 0.29) is 28.9 Å². The second-order valence-electron chi connectivity index (χ2n) is 6.06. The van der Waals surface area contributed by atoms with Crippen LogP contribution in [-0.4, -0.2) is 30.0 Å². The van der Waals surface area contributed by atoms with Gasteiger partial charge in [0.05, 0.1) is 16.0 Å². The summed E-state index contributed by atoms with van der Waals surface area (Å²) in [7, 11) is -4.54. The topological polar surface area (TPSA) is 107 Å². The molecule has 0 saturated carbocycles. The van der Waals surface area contributed by atoms with Gasteiger partial charge in [0.15, 0.2) is 6.01 Å². The predicted molar refractivity (Wildman–Crippen MR) is 86.6 cm³/mol. The molecular formula is C17H12F3N3O3S. The molecule has 1 aliphatic carbocycles. The third-order valence-electron chi connectivity index (χ3n) is 4.48. The Labute approximate surface area is 152 Å². The second kappa shape index (κ2) is 6.41. The van der Waals surface area contributed by atoms with Gasteiger partial charge in [0.1, 0.15) is 18.2 Å². The number of halogens is 3. The molecule has 1 aromatic heterocycles. The molecule has 0 aliphatic heterocycles. The number of hydrogen-bond donors (Lipinski definition) is 1. The molecule has 10 heteroatoms. The van der Waals surface area contributed by atoms with Gasteiger partial charge >= 0.3 is 0 Å². The number of alkyl halides is 3. The first-order valence-electron chi connectivity index (χ1n) is 7.69. The van der Waals surface area contributed by atoms with Crippen LogP contribution in [0.2, 0.25) is 0 Å². The van der Waals surface area contributed by atoms with Crippen molar-refractivity contribution in [1.82, 2.24) is 4.57 Å². The van der Waals surface area contributed by atoms with Crippen molar-refractivity contribution in [3.8, 4) is 17.8 Å². The molecule has 140 valence electrons. The maximum Gasteiger partial charge on any atom is 0.278 e. The molecule has 0 radical (unpaired) electrons. The number of hydrogen-bond acceptors (Lipinski definition) is 5. The number of sulfone groups is 1. The Morgan fingerprint density at radius 2 is 1.93 bits per heavy atom. The van der Waals surface area contributed by atoms with Gasteiger partial charge in [0.2, 0.25) is 9.84 Å². The molecule has 0 amide bonds. The first-order valence-corrected chi connectivity index (χ1v) is 9.35. The molecular weight excluding hydrogens is 383 g/mol. The third-order valence-corrected chi connectivity index (χ3v) is 5.77. The van der Waals surface area contributed by atoms with Gasteiger partial charge in [-0.1, -0.05) is 0 Å². The maximum atomic E-state index is 14.0. The first kappa shape index (κ1) is 19.0. The van der Waals surface area contributed by atoms with Crippen LogP contribution in [0, 0.1) is 22.7 Å². The molecule has 1 N–H and O–H groups in total. The maximum absolute atomic E-state index is 14.0. The highest BCUT2D eigenvalue weighted by Gasteiger charge is 2.47. The van der Waals surface area contributed by atoms with Gasteiger partial charge in [-0.2, -0.15) is 10.5 Å². The number of fused-ring (bicyclic) bond motifs is 1. The van der Waals surface area contributed by atoms with E-state index in [1.807, 2.05) is 12.1 Å². The SMILES string of the molecule is N#Cc1ccc(-n2cc(S(=O)(=O)CF)c3c2CCC(F)(F)[C@H]3O)cc1C#N. The molecule has 1 atom stereocenters. The van der Waals surface area contributed by atoms with Crippen LogP contribution >= 0.6 is 0 Å². The number of benzene rings is 1. The normalized spacial score (nSPS) is 18.4. The van der Waals surface area contributed by atoms with E-state index in [4.69, 9.17) is 10.5 Å². The zero-order valence-corrected chi connectivity index (χ0v) is 14.5. The standard InChI is InChI=1S/C17H12F3N3O3S/c18-9-27(25,26)14-8-23(12-2-1-10(6-21)11(5-12)7-22)13-3-4-17(19,20)16(24)15(13)14/h1-2,5,8,16,24H,3-4,9H2/t16-/m0/s1. The zero-order valence-electron chi connectivity index (χ0n) is 13.7. The minimum Gasteiger partial charge on any atom is -0.382 e. The molecule has 6 nitrogen and oxygen atoms in total. The molecule has 0 bridgehead atoms. The van der Waals surface area contributed by atoms with E-state index in [1.165, 1.54) is 22.8 Å². The van der Waals surface area contributed by atoms with Crippen molar-refractivity contribution in [2.45, 2.75) is 29.8 Å². The fourth-order valence-corrected chi connectivity index (χ4v) is 4.07. The van der Waals surface area contributed by atoms with Crippen LogP contribution < -0.4 is 0 Å². The molecule has 0 fully saturated rings. The Bertz CT molecular complexity index is 1110. The van der Waals surface area contributed by atoms with Gasteiger partial charge in [-0.15, -0.1) is 0 Å². The molecule has 0 saturated heterocycles. The highest BCUT2D eigenvalue weighted by atomic mass is 32.2. The van der Waals surface area contributed by atoms with Gasteiger partial charge in [0, 0.05) is 29.6 Å². The molecule has 1 aromatic carbocycles. The van der Waals surface area contributed by atoms with Gasteiger partial charge in [-0.3, -0.25) is 0 Å². The number of aliphatic hydroxyl groups excluding tert-OH is 1. The van der Waals surface area contributed by atoms with Crippen LogP contribution in [0.1, 0.15) is 34.9 Å². The summed E-state index contributed by atoms with van der Waals surface area (Å²) >= 11 is 0. The molecule has 3 rings (SSSR count). The Balaban J connectivity index is 2.30. The average molecular weight is 395 g/mol. The zero-order chi connectivity index (χ0) is 20.0. The minimum atomic E-state index is -4.54. The molecule has 0 spiro atoms. The Morgan fingerprint density at radius 3 is 2.52 bits per heavy atom. The van der Waals surface area contributed by atoms with Crippen molar-refractivity contribution < 1.29 is 26.7 Å². The monoisotopic (exact) mass is 395 g/mol. The summed E-state index contributed by atoms with van der Waals surface area (Å²) in [5.74, 6) is -3.55. The van der Waals surface area contributed by atoms with E-state index in [1.54, 1.807) is 0 Å². The van der Waals surface area contributed by atoms with E-state index in [0.29, 0.717) is 0 Å². The van der Waals surface area contributed by atoms with Crippen LogP contribution in [-0.2, 0) is 16.3 Å². The Hall–Kier alpha value is -2.82. The lowest BCUT2D eigenvalue weighted by molar-refractivity contribution is -0.123. The van der Waals surface area contributed by atoms with Crippen molar-refractivity contribution in [1.29, 1.82) is 10.5 Å². The van der Waals surface area contributed by atoms with E-state index in [2.05, 4.69) is 0 Å². The van der Waals surface area contributed by atoms with Gasteiger partial charge < -0.3 is 9.67 Å². The lowest BCUT2D eigenvalue weighted by atomic mass is 9.91. The summed E-state index contributed by atoms with van der Waals surface area (Å²) in [6.45, 7) is 0. The highest BCUT2D eigenvalue weighted by Crippen LogP contribution is 2.45.